The molecule has 33 heavy (non-hydrogen) atoms. The number of aryl methyl sites for hydroxylation is 1. The Balaban J connectivity index is 1.39. The van der Waals surface area contributed by atoms with Crippen LogP contribution in [-0.2, 0) is 6.42 Å². The van der Waals surface area contributed by atoms with Gasteiger partial charge in [-0.15, -0.1) is 0 Å². The van der Waals surface area contributed by atoms with Crippen LogP contribution >= 0.6 is 0 Å². The van der Waals surface area contributed by atoms with Crippen molar-refractivity contribution in [3.8, 4) is 17.6 Å². The molecule has 0 saturated heterocycles. The predicted molar refractivity (Wildman–Crippen MR) is 142 cm³/mol. The van der Waals surface area contributed by atoms with Gasteiger partial charge in [0.05, 0.1) is 6.61 Å². The second-order valence-electron chi connectivity index (χ2n) is 9.80. The van der Waals surface area contributed by atoms with Crippen LogP contribution in [0.15, 0.2) is 48.5 Å². The molecule has 178 valence electrons. The molecular formula is C32H44O. The quantitative estimate of drug-likeness (QED) is 0.234. The Morgan fingerprint density at radius 2 is 1.39 bits per heavy atom. The highest BCUT2D eigenvalue weighted by Crippen LogP contribution is 2.36. The fourth-order valence-corrected chi connectivity index (χ4v) is 4.82. The van der Waals surface area contributed by atoms with Gasteiger partial charge >= 0.3 is 0 Å². The molecule has 0 spiro atoms. The minimum Gasteiger partial charge on any atom is -0.494 e. The molecule has 1 saturated carbocycles. The standard InChI is InChI=1S/C32H44O/c1-3-5-7-9-11-27-12-14-28(15-13-27)16-17-29-18-20-30(21-19-29)31-22-24-32(25-23-31)33-26-10-8-6-4-2/h12-15,22-25,29-30H,3-11,18-21,26H2,1-2H3. The van der Waals surface area contributed by atoms with E-state index in [0.29, 0.717) is 11.8 Å². The van der Waals surface area contributed by atoms with Crippen LogP contribution in [0.1, 0.15) is 114 Å². The molecule has 0 aliphatic heterocycles. The normalized spacial score (nSPS) is 17.9. The Kier molecular flexibility index (Phi) is 11.4. The predicted octanol–water partition coefficient (Wildman–Crippen LogP) is 9.09. The average molecular weight is 445 g/mol. The van der Waals surface area contributed by atoms with E-state index in [1.165, 1.54) is 93.7 Å². The lowest BCUT2D eigenvalue weighted by molar-refractivity contribution is 0.304. The molecule has 1 heteroatoms. The van der Waals surface area contributed by atoms with E-state index in [0.717, 1.165) is 18.8 Å². The maximum atomic E-state index is 5.90. The van der Waals surface area contributed by atoms with Crippen LogP contribution < -0.4 is 4.74 Å². The van der Waals surface area contributed by atoms with E-state index in [-0.39, 0.29) is 0 Å². The number of rotatable bonds is 12. The first-order valence-corrected chi connectivity index (χ1v) is 13.6. The highest BCUT2D eigenvalue weighted by Gasteiger charge is 2.21. The number of unbranched alkanes of at least 4 members (excludes halogenated alkanes) is 6. The molecule has 1 nitrogen and oxygen atoms in total. The van der Waals surface area contributed by atoms with Crippen molar-refractivity contribution in [2.24, 2.45) is 5.92 Å². The zero-order valence-electron chi connectivity index (χ0n) is 21.1. The lowest BCUT2D eigenvalue weighted by atomic mass is 9.79. The Morgan fingerprint density at radius 1 is 0.727 bits per heavy atom. The molecule has 0 N–H and O–H groups in total. The third kappa shape index (κ3) is 9.29. The highest BCUT2D eigenvalue weighted by molar-refractivity contribution is 5.37. The van der Waals surface area contributed by atoms with E-state index in [2.05, 4.69) is 74.2 Å². The zero-order chi connectivity index (χ0) is 23.1. The molecule has 2 aromatic rings. The van der Waals surface area contributed by atoms with Crippen LogP contribution in [0.25, 0.3) is 0 Å². The minimum atomic E-state index is 0.542. The Hall–Kier alpha value is -2.20. The van der Waals surface area contributed by atoms with Crippen molar-refractivity contribution in [1.82, 2.24) is 0 Å². The molecule has 1 aliphatic carbocycles. The number of benzene rings is 2. The van der Waals surface area contributed by atoms with Crippen LogP contribution in [0.4, 0.5) is 0 Å². The van der Waals surface area contributed by atoms with Crippen molar-refractivity contribution in [1.29, 1.82) is 0 Å². The Morgan fingerprint density at radius 3 is 2.06 bits per heavy atom. The first-order chi connectivity index (χ1) is 16.3. The summed E-state index contributed by atoms with van der Waals surface area (Å²) >= 11 is 0. The van der Waals surface area contributed by atoms with Gasteiger partial charge in [0.2, 0.25) is 0 Å². The van der Waals surface area contributed by atoms with Crippen LogP contribution in [0.2, 0.25) is 0 Å². The monoisotopic (exact) mass is 444 g/mol. The second-order valence-corrected chi connectivity index (χ2v) is 9.80. The van der Waals surface area contributed by atoms with Gasteiger partial charge in [-0.05, 0) is 86.3 Å². The SMILES string of the molecule is CCCCCCOc1ccc(C2CCC(C#Cc3ccc(CCCCCC)cc3)CC2)cc1. The van der Waals surface area contributed by atoms with Crippen molar-refractivity contribution in [3.05, 3.63) is 65.2 Å². The van der Waals surface area contributed by atoms with Crippen molar-refractivity contribution in [3.63, 3.8) is 0 Å². The molecular weight excluding hydrogens is 400 g/mol. The summed E-state index contributed by atoms with van der Waals surface area (Å²) in [4.78, 5) is 0. The lowest BCUT2D eigenvalue weighted by Crippen LogP contribution is -2.12. The molecule has 0 atom stereocenters. The van der Waals surface area contributed by atoms with E-state index in [1.54, 1.807) is 0 Å². The van der Waals surface area contributed by atoms with E-state index in [9.17, 15) is 0 Å². The lowest BCUT2D eigenvalue weighted by Gasteiger charge is -2.26. The summed E-state index contributed by atoms with van der Waals surface area (Å²) in [7, 11) is 0. The molecule has 0 radical (unpaired) electrons. The second kappa shape index (κ2) is 14.8. The highest BCUT2D eigenvalue weighted by atomic mass is 16.5. The van der Waals surface area contributed by atoms with Crippen molar-refractivity contribution < 1.29 is 4.74 Å². The van der Waals surface area contributed by atoms with E-state index >= 15 is 0 Å². The number of ether oxygens (including phenoxy) is 1. The van der Waals surface area contributed by atoms with Gasteiger partial charge in [-0.2, -0.15) is 0 Å². The average Bonchev–Trinajstić information content (AvgIpc) is 2.87. The Labute approximate surface area is 203 Å². The summed E-state index contributed by atoms with van der Waals surface area (Å²) in [5.74, 6) is 9.24. The summed E-state index contributed by atoms with van der Waals surface area (Å²) in [6, 6.07) is 17.8. The summed E-state index contributed by atoms with van der Waals surface area (Å²) in [5, 5.41) is 0. The molecule has 2 aromatic carbocycles. The van der Waals surface area contributed by atoms with Gasteiger partial charge < -0.3 is 4.74 Å². The molecule has 0 unspecified atom stereocenters. The third-order valence-electron chi connectivity index (χ3n) is 7.04. The third-order valence-corrected chi connectivity index (χ3v) is 7.04. The van der Waals surface area contributed by atoms with Gasteiger partial charge in [0, 0.05) is 11.5 Å². The minimum absolute atomic E-state index is 0.542. The fourth-order valence-electron chi connectivity index (χ4n) is 4.82. The van der Waals surface area contributed by atoms with E-state index < -0.39 is 0 Å². The van der Waals surface area contributed by atoms with Crippen molar-refractivity contribution in [2.75, 3.05) is 6.61 Å². The van der Waals surface area contributed by atoms with E-state index in [1.807, 2.05) is 0 Å². The van der Waals surface area contributed by atoms with Gasteiger partial charge in [0.1, 0.15) is 5.75 Å². The van der Waals surface area contributed by atoms with Gasteiger partial charge in [0.25, 0.3) is 0 Å². The summed E-state index contributed by atoms with van der Waals surface area (Å²) < 4.78 is 5.90. The first-order valence-electron chi connectivity index (χ1n) is 13.6. The smallest absolute Gasteiger partial charge is 0.119 e. The zero-order valence-corrected chi connectivity index (χ0v) is 21.1. The largest absolute Gasteiger partial charge is 0.494 e. The van der Waals surface area contributed by atoms with Crippen molar-refractivity contribution in [2.45, 2.75) is 103 Å². The summed E-state index contributed by atoms with van der Waals surface area (Å²) in [5.41, 5.74) is 4.08. The van der Waals surface area contributed by atoms with Crippen LogP contribution in [0.5, 0.6) is 5.75 Å². The molecule has 0 bridgehead atoms. The van der Waals surface area contributed by atoms with Crippen LogP contribution in [-0.4, -0.2) is 6.61 Å². The van der Waals surface area contributed by atoms with Crippen LogP contribution in [0, 0.1) is 17.8 Å². The van der Waals surface area contributed by atoms with Gasteiger partial charge in [0.15, 0.2) is 0 Å². The number of hydrogen-bond acceptors (Lipinski definition) is 1. The summed E-state index contributed by atoms with van der Waals surface area (Å²) in [6.45, 7) is 5.35. The maximum Gasteiger partial charge on any atom is 0.119 e. The van der Waals surface area contributed by atoms with Gasteiger partial charge in [-0.3, -0.25) is 0 Å². The molecule has 0 heterocycles. The molecule has 1 aliphatic rings. The maximum absolute atomic E-state index is 5.90. The molecule has 0 amide bonds. The molecule has 3 rings (SSSR count). The van der Waals surface area contributed by atoms with Gasteiger partial charge in [-0.25, -0.2) is 0 Å². The first kappa shape index (κ1) is 25.4. The molecule has 1 fully saturated rings. The van der Waals surface area contributed by atoms with E-state index in [4.69, 9.17) is 4.74 Å². The Bertz CT molecular complexity index is 829. The topological polar surface area (TPSA) is 9.23 Å². The van der Waals surface area contributed by atoms with Crippen molar-refractivity contribution >= 4 is 0 Å². The molecule has 0 aromatic heterocycles. The van der Waals surface area contributed by atoms with Gasteiger partial charge in [-0.1, -0.05) is 88.5 Å². The summed E-state index contributed by atoms with van der Waals surface area (Å²) in [6.07, 6.45) is 16.4. The van der Waals surface area contributed by atoms with Crippen LogP contribution in [0.3, 0.4) is 0 Å². The fraction of sp³-hybridized carbons (Fsp3) is 0.562. The number of hydrogen-bond donors (Lipinski definition) is 0.